The molecule has 0 radical (unpaired) electrons. The zero-order chi connectivity index (χ0) is 24.3. The van der Waals surface area contributed by atoms with Crippen molar-refractivity contribution in [3.05, 3.63) is 54.4 Å². The first-order chi connectivity index (χ1) is 16.3. The second kappa shape index (κ2) is 10.2. The molecule has 2 amide bonds. The summed E-state index contributed by atoms with van der Waals surface area (Å²) in [7, 11) is 0. The van der Waals surface area contributed by atoms with Crippen molar-refractivity contribution in [2.75, 3.05) is 0 Å². The lowest BCUT2D eigenvalue weighted by molar-refractivity contribution is -0.142. The molecule has 34 heavy (non-hydrogen) atoms. The molecule has 8 heteroatoms. The Morgan fingerprint density at radius 3 is 2.68 bits per heavy atom. The molecule has 0 saturated heterocycles. The Kier molecular flexibility index (Phi) is 7.26. The molecule has 0 spiro atoms. The quantitative estimate of drug-likeness (QED) is 0.604. The molecule has 0 aromatic carbocycles. The van der Waals surface area contributed by atoms with Crippen LogP contribution >= 0.6 is 0 Å². The molecule has 7 atom stereocenters. The van der Waals surface area contributed by atoms with Crippen molar-refractivity contribution in [1.82, 2.24) is 25.6 Å². The van der Waals surface area contributed by atoms with E-state index < -0.39 is 6.10 Å². The van der Waals surface area contributed by atoms with Gasteiger partial charge in [-0.1, -0.05) is 26.8 Å². The van der Waals surface area contributed by atoms with Gasteiger partial charge in [0, 0.05) is 30.6 Å². The average molecular weight is 466 g/mol. The van der Waals surface area contributed by atoms with Crippen LogP contribution in [0.15, 0.2) is 43.0 Å². The van der Waals surface area contributed by atoms with Gasteiger partial charge in [0.1, 0.15) is 5.69 Å². The van der Waals surface area contributed by atoms with Crippen molar-refractivity contribution in [2.45, 2.75) is 65.1 Å². The predicted molar refractivity (Wildman–Crippen MR) is 127 cm³/mol. The molecule has 2 saturated carbocycles. The third-order valence-electron chi connectivity index (χ3n) is 8.23. The van der Waals surface area contributed by atoms with E-state index in [0.717, 1.165) is 31.4 Å². The normalized spacial score (nSPS) is 31.7. The van der Waals surface area contributed by atoms with Crippen LogP contribution in [0, 0.1) is 29.1 Å². The molecule has 2 aliphatic rings. The highest BCUT2D eigenvalue weighted by molar-refractivity contribution is 5.92. The molecule has 7 unspecified atom stereocenters. The van der Waals surface area contributed by atoms with E-state index in [1.807, 2.05) is 25.1 Å². The highest BCUT2D eigenvalue weighted by Crippen LogP contribution is 2.55. The molecule has 2 fully saturated rings. The first-order valence-corrected chi connectivity index (χ1v) is 12.2. The fourth-order valence-corrected chi connectivity index (χ4v) is 6.19. The van der Waals surface area contributed by atoms with Crippen LogP contribution in [0.1, 0.15) is 62.6 Å². The summed E-state index contributed by atoms with van der Waals surface area (Å²) in [6, 6.07) is 5.56. The van der Waals surface area contributed by atoms with Gasteiger partial charge < -0.3 is 15.7 Å². The summed E-state index contributed by atoms with van der Waals surface area (Å²) in [6.45, 7) is 6.65. The first kappa shape index (κ1) is 24.3. The number of hydrogen-bond donors (Lipinski definition) is 3. The molecule has 2 aromatic heterocycles. The summed E-state index contributed by atoms with van der Waals surface area (Å²) in [5.41, 5.74) is 1.10. The van der Waals surface area contributed by atoms with Crippen LogP contribution < -0.4 is 10.6 Å². The molecule has 2 heterocycles. The first-order valence-electron chi connectivity index (χ1n) is 12.2. The standard InChI is InChI=1S/C26H35N5O3/c1-16(24(33)30-14-18-6-4-5-11-28-18)19-7-9-26(3)10-8-20(17(2)22(26)23(19)32)31-25(34)21-15-27-12-13-29-21/h4-6,11-13,15-17,19-20,22-23,32H,7-10,14H2,1-3H3,(H,30,33)(H,31,34). The van der Waals surface area contributed by atoms with Crippen molar-refractivity contribution in [2.24, 2.45) is 29.1 Å². The Morgan fingerprint density at radius 1 is 1.18 bits per heavy atom. The minimum Gasteiger partial charge on any atom is -0.392 e. The van der Waals surface area contributed by atoms with E-state index in [2.05, 4.69) is 39.4 Å². The smallest absolute Gasteiger partial charge is 0.271 e. The van der Waals surface area contributed by atoms with Crippen LogP contribution in [-0.2, 0) is 11.3 Å². The maximum atomic E-state index is 12.9. The summed E-state index contributed by atoms with van der Waals surface area (Å²) in [6.07, 6.45) is 9.17. The van der Waals surface area contributed by atoms with Crippen molar-refractivity contribution in [3.8, 4) is 0 Å². The van der Waals surface area contributed by atoms with E-state index in [9.17, 15) is 14.7 Å². The minimum absolute atomic E-state index is 0.00167. The number of nitrogens with zero attached hydrogens (tertiary/aromatic N) is 3. The van der Waals surface area contributed by atoms with Crippen LogP contribution in [0.3, 0.4) is 0 Å². The van der Waals surface area contributed by atoms with Gasteiger partial charge in [-0.15, -0.1) is 0 Å². The number of rotatable bonds is 6. The summed E-state index contributed by atoms with van der Waals surface area (Å²) >= 11 is 0. The third-order valence-corrected chi connectivity index (χ3v) is 8.23. The maximum absolute atomic E-state index is 12.9. The fraction of sp³-hybridized carbons (Fsp3) is 0.577. The van der Waals surface area contributed by atoms with Gasteiger partial charge in [0.05, 0.1) is 24.5 Å². The number of aliphatic hydroxyl groups excluding tert-OH is 1. The van der Waals surface area contributed by atoms with Crippen molar-refractivity contribution < 1.29 is 14.7 Å². The summed E-state index contributed by atoms with van der Waals surface area (Å²) in [5, 5.41) is 17.6. The second-order valence-electron chi connectivity index (χ2n) is 10.3. The van der Waals surface area contributed by atoms with Gasteiger partial charge in [-0.3, -0.25) is 19.6 Å². The Hall–Kier alpha value is -2.87. The van der Waals surface area contributed by atoms with Crippen molar-refractivity contribution in [3.63, 3.8) is 0 Å². The van der Waals surface area contributed by atoms with Crippen LogP contribution in [-0.4, -0.2) is 44.0 Å². The number of fused-ring (bicyclic) bond motifs is 1. The number of carbonyl (C=O) groups is 2. The van der Waals surface area contributed by atoms with Crippen LogP contribution in [0.25, 0.3) is 0 Å². The van der Waals surface area contributed by atoms with E-state index in [1.54, 1.807) is 6.20 Å². The Bertz CT molecular complexity index is 988. The zero-order valence-electron chi connectivity index (χ0n) is 20.1. The van der Waals surface area contributed by atoms with Gasteiger partial charge in [-0.2, -0.15) is 0 Å². The number of nitrogens with one attached hydrogen (secondary N) is 2. The molecule has 0 aliphatic heterocycles. The van der Waals surface area contributed by atoms with Crippen molar-refractivity contribution in [1.29, 1.82) is 0 Å². The average Bonchev–Trinajstić information content (AvgIpc) is 2.85. The lowest BCUT2D eigenvalue weighted by atomic mass is 9.51. The predicted octanol–water partition coefficient (Wildman–Crippen LogP) is 2.75. The summed E-state index contributed by atoms with van der Waals surface area (Å²) in [4.78, 5) is 38.0. The lowest BCUT2D eigenvalue weighted by Gasteiger charge is -2.56. The van der Waals surface area contributed by atoms with E-state index in [1.165, 1.54) is 18.6 Å². The summed E-state index contributed by atoms with van der Waals surface area (Å²) in [5.74, 6) is -0.671. The monoisotopic (exact) mass is 465 g/mol. The van der Waals surface area contributed by atoms with Crippen LogP contribution in [0.4, 0.5) is 0 Å². The number of amides is 2. The minimum atomic E-state index is -0.611. The number of aliphatic hydroxyl groups is 1. The Labute approximate surface area is 201 Å². The number of pyridine rings is 1. The Morgan fingerprint density at radius 2 is 1.97 bits per heavy atom. The molecular formula is C26H35N5O3. The number of carbonyl (C=O) groups excluding carboxylic acids is 2. The molecular weight excluding hydrogens is 430 g/mol. The van der Waals surface area contributed by atoms with E-state index in [-0.39, 0.29) is 46.9 Å². The van der Waals surface area contributed by atoms with Gasteiger partial charge in [-0.05, 0) is 61.0 Å². The molecule has 2 aromatic rings. The Balaban J connectivity index is 1.42. The van der Waals surface area contributed by atoms with E-state index in [0.29, 0.717) is 12.2 Å². The zero-order valence-corrected chi connectivity index (χ0v) is 20.1. The topological polar surface area (TPSA) is 117 Å². The number of aromatic nitrogens is 3. The highest BCUT2D eigenvalue weighted by Gasteiger charge is 2.53. The van der Waals surface area contributed by atoms with Gasteiger partial charge in [0.15, 0.2) is 0 Å². The lowest BCUT2D eigenvalue weighted by Crippen LogP contribution is -2.58. The molecule has 2 aliphatic carbocycles. The molecule has 4 rings (SSSR count). The summed E-state index contributed by atoms with van der Waals surface area (Å²) < 4.78 is 0. The SMILES string of the molecule is CC(C(=O)NCc1ccccn1)C1CCC2(C)CCC(NC(=O)c3cnccn3)C(C)C2C1O. The largest absolute Gasteiger partial charge is 0.392 e. The molecule has 3 N–H and O–H groups in total. The molecule has 182 valence electrons. The fourth-order valence-electron chi connectivity index (χ4n) is 6.19. The maximum Gasteiger partial charge on any atom is 0.271 e. The van der Waals surface area contributed by atoms with E-state index >= 15 is 0 Å². The van der Waals surface area contributed by atoms with Crippen molar-refractivity contribution >= 4 is 11.8 Å². The van der Waals surface area contributed by atoms with Crippen LogP contribution in [0.2, 0.25) is 0 Å². The van der Waals surface area contributed by atoms with E-state index in [4.69, 9.17) is 0 Å². The highest BCUT2D eigenvalue weighted by atomic mass is 16.3. The van der Waals surface area contributed by atoms with Gasteiger partial charge >= 0.3 is 0 Å². The molecule has 0 bridgehead atoms. The van der Waals surface area contributed by atoms with Gasteiger partial charge in [0.2, 0.25) is 5.91 Å². The number of hydrogen-bond acceptors (Lipinski definition) is 6. The third kappa shape index (κ3) is 4.97. The van der Waals surface area contributed by atoms with Gasteiger partial charge in [0.25, 0.3) is 5.91 Å². The van der Waals surface area contributed by atoms with Gasteiger partial charge in [-0.25, -0.2) is 4.98 Å². The van der Waals surface area contributed by atoms with Crippen LogP contribution in [0.5, 0.6) is 0 Å². The molecule has 8 nitrogen and oxygen atoms in total. The second-order valence-corrected chi connectivity index (χ2v) is 10.3.